The number of rotatable bonds is 4. The number of nitrogens with zero attached hydrogens (tertiary/aromatic N) is 1. The number of urea groups is 1. The summed E-state index contributed by atoms with van der Waals surface area (Å²) in [6.45, 7) is 6.65. The Balaban J connectivity index is 1.94. The fourth-order valence-electron chi connectivity index (χ4n) is 2.75. The van der Waals surface area contributed by atoms with E-state index in [1.165, 1.54) is 0 Å². The second-order valence-electron chi connectivity index (χ2n) is 5.96. The number of carbonyl (C=O) groups is 2. The molecule has 1 aliphatic rings. The average molecular weight is 294 g/mol. The molecule has 6 nitrogen and oxygen atoms in total. The van der Waals surface area contributed by atoms with Crippen molar-refractivity contribution >= 4 is 12.0 Å². The van der Waals surface area contributed by atoms with E-state index >= 15 is 0 Å². The molecule has 0 saturated carbocycles. The molecule has 2 N–H and O–H groups in total. The average Bonchev–Trinajstić information content (AvgIpc) is 3.03. The van der Waals surface area contributed by atoms with Gasteiger partial charge in [0.1, 0.15) is 11.5 Å². The van der Waals surface area contributed by atoms with Gasteiger partial charge in [0.2, 0.25) is 0 Å². The molecule has 116 valence electrons. The van der Waals surface area contributed by atoms with Gasteiger partial charge in [-0.3, -0.25) is 4.79 Å². The van der Waals surface area contributed by atoms with Crippen molar-refractivity contribution in [2.75, 3.05) is 13.1 Å². The molecule has 1 saturated heterocycles. The summed E-state index contributed by atoms with van der Waals surface area (Å²) in [5, 5.41) is 12.2. The maximum Gasteiger partial charge on any atom is 0.317 e. The van der Waals surface area contributed by atoms with Gasteiger partial charge in [0.05, 0.1) is 12.0 Å². The van der Waals surface area contributed by atoms with E-state index in [0.717, 1.165) is 5.76 Å². The van der Waals surface area contributed by atoms with Crippen molar-refractivity contribution in [3.63, 3.8) is 0 Å². The first-order valence-electron chi connectivity index (χ1n) is 7.16. The van der Waals surface area contributed by atoms with Crippen molar-refractivity contribution in [1.29, 1.82) is 0 Å². The van der Waals surface area contributed by atoms with Gasteiger partial charge in [-0.2, -0.15) is 0 Å². The van der Waals surface area contributed by atoms with E-state index in [4.69, 9.17) is 4.42 Å². The molecule has 1 fully saturated rings. The first-order chi connectivity index (χ1) is 9.85. The zero-order chi connectivity index (χ0) is 15.6. The van der Waals surface area contributed by atoms with Gasteiger partial charge in [-0.15, -0.1) is 0 Å². The Labute approximate surface area is 124 Å². The third-order valence-corrected chi connectivity index (χ3v) is 4.33. The molecule has 1 aromatic heterocycles. The molecule has 0 aromatic carbocycles. The lowest BCUT2D eigenvalue weighted by Crippen LogP contribution is -2.43. The molecule has 2 rings (SSSR count). The summed E-state index contributed by atoms with van der Waals surface area (Å²) in [4.78, 5) is 25.3. The van der Waals surface area contributed by atoms with Gasteiger partial charge in [0.15, 0.2) is 0 Å². The van der Waals surface area contributed by atoms with Crippen molar-refractivity contribution in [3.05, 3.63) is 23.7 Å². The van der Waals surface area contributed by atoms with Crippen molar-refractivity contribution in [3.8, 4) is 0 Å². The first-order valence-corrected chi connectivity index (χ1v) is 7.16. The number of aliphatic carboxylic acids is 1. The van der Waals surface area contributed by atoms with Gasteiger partial charge in [0.25, 0.3) is 0 Å². The molecule has 0 radical (unpaired) electrons. The van der Waals surface area contributed by atoms with E-state index in [1.807, 2.05) is 32.9 Å². The lowest BCUT2D eigenvalue weighted by Gasteiger charge is -2.28. The molecule has 1 unspecified atom stereocenters. The monoisotopic (exact) mass is 294 g/mol. The van der Waals surface area contributed by atoms with Crippen molar-refractivity contribution in [2.24, 2.45) is 11.3 Å². The summed E-state index contributed by atoms with van der Waals surface area (Å²) in [5.74, 6) is 0.647. The highest BCUT2D eigenvalue weighted by Crippen LogP contribution is 2.38. The number of aryl methyl sites for hydroxylation is 1. The van der Waals surface area contributed by atoms with Gasteiger partial charge in [-0.05, 0) is 31.4 Å². The van der Waals surface area contributed by atoms with Gasteiger partial charge < -0.3 is 19.7 Å². The first kappa shape index (κ1) is 15.4. The van der Waals surface area contributed by atoms with Crippen LogP contribution in [0.15, 0.2) is 16.5 Å². The number of hydrogen-bond acceptors (Lipinski definition) is 3. The predicted molar refractivity (Wildman–Crippen MR) is 76.8 cm³/mol. The maximum absolute atomic E-state index is 12.1. The quantitative estimate of drug-likeness (QED) is 0.892. The molecule has 21 heavy (non-hydrogen) atoms. The van der Waals surface area contributed by atoms with Crippen LogP contribution in [0, 0.1) is 18.3 Å². The largest absolute Gasteiger partial charge is 0.481 e. The summed E-state index contributed by atoms with van der Waals surface area (Å²) >= 11 is 0. The van der Waals surface area contributed by atoms with E-state index in [2.05, 4.69) is 5.32 Å². The number of amides is 2. The van der Waals surface area contributed by atoms with Crippen LogP contribution < -0.4 is 5.32 Å². The van der Waals surface area contributed by atoms with Crippen LogP contribution in [-0.4, -0.2) is 35.1 Å². The van der Waals surface area contributed by atoms with E-state index in [-0.39, 0.29) is 18.5 Å². The minimum Gasteiger partial charge on any atom is -0.481 e. The van der Waals surface area contributed by atoms with Gasteiger partial charge >= 0.3 is 12.0 Å². The molecular formula is C15H22N2O4. The Kier molecular flexibility index (Phi) is 4.25. The van der Waals surface area contributed by atoms with Gasteiger partial charge in [-0.1, -0.05) is 13.8 Å². The highest BCUT2D eigenvalue weighted by molar-refractivity contribution is 5.80. The Morgan fingerprint density at radius 1 is 1.48 bits per heavy atom. The molecule has 0 bridgehead atoms. The van der Waals surface area contributed by atoms with E-state index in [1.54, 1.807) is 4.90 Å². The number of likely N-dealkylation sites (tertiary alicyclic amines) is 1. The third kappa shape index (κ3) is 3.04. The van der Waals surface area contributed by atoms with Gasteiger partial charge in [-0.25, -0.2) is 4.79 Å². The molecule has 2 heterocycles. The standard InChI is InChI=1S/C15H22N2O4/c1-10(2)15(13(18)19)6-7-17(9-15)14(20)16-8-12-5-4-11(3)21-12/h4-5,10H,6-9H2,1-3H3,(H,16,20)(H,18,19). The summed E-state index contributed by atoms with van der Waals surface area (Å²) in [5.41, 5.74) is -0.835. The van der Waals surface area contributed by atoms with Crippen molar-refractivity contribution in [1.82, 2.24) is 10.2 Å². The van der Waals surface area contributed by atoms with Gasteiger partial charge in [0, 0.05) is 13.1 Å². The maximum atomic E-state index is 12.1. The molecule has 1 atom stereocenters. The minimum atomic E-state index is -0.835. The number of carbonyl (C=O) groups excluding carboxylic acids is 1. The van der Waals surface area contributed by atoms with Crippen molar-refractivity contribution in [2.45, 2.75) is 33.7 Å². The van der Waals surface area contributed by atoms with Crippen molar-refractivity contribution < 1.29 is 19.1 Å². The Morgan fingerprint density at radius 2 is 2.19 bits per heavy atom. The molecule has 0 aliphatic carbocycles. The normalized spacial score (nSPS) is 21.8. The Hall–Kier alpha value is -1.98. The minimum absolute atomic E-state index is 0.0134. The number of hydrogen-bond donors (Lipinski definition) is 2. The fourth-order valence-corrected chi connectivity index (χ4v) is 2.75. The van der Waals surface area contributed by atoms with Crippen LogP contribution >= 0.6 is 0 Å². The topological polar surface area (TPSA) is 82.8 Å². The molecule has 1 aromatic rings. The molecule has 6 heteroatoms. The number of carboxylic acid groups (broad SMARTS) is 1. The van der Waals surface area contributed by atoms with Crippen LogP contribution in [0.4, 0.5) is 4.79 Å². The lowest BCUT2D eigenvalue weighted by molar-refractivity contribution is -0.150. The van der Waals surface area contributed by atoms with E-state index < -0.39 is 11.4 Å². The summed E-state index contributed by atoms with van der Waals surface area (Å²) in [7, 11) is 0. The highest BCUT2D eigenvalue weighted by atomic mass is 16.4. The third-order valence-electron chi connectivity index (χ3n) is 4.33. The fraction of sp³-hybridized carbons (Fsp3) is 0.600. The van der Waals surface area contributed by atoms with Crippen LogP contribution in [0.2, 0.25) is 0 Å². The van der Waals surface area contributed by atoms with Crippen LogP contribution in [0.3, 0.4) is 0 Å². The zero-order valence-corrected chi connectivity index (χ0v) is 12.7. The molecule has 1 aliphatic heterocycles. The number of nitrogens with one attached hydrogen (secondary N) is 1. The smallest absolute Gasteiger partial charge is 0.317 e. The summed E-state index contributed by atoms with van der Waals surface area (Å²) in [6.07, 6.45) is 0.493. The van der Waals surface area contributed by atoms with E-state index in [0.29, 0.717) is 25.3 Å². The van der Waals surface area contributed by atoms with Crippen LogP contribution in [-0.2, 0) is 11.3 Å². The number of furan rings is 1. The Bertz CT molecular complexity index is 538. The van der Waals surface area contributed by atoms with E-state index in [9.17, 15) is 14.7 Å². The van der Waals surface area contributed by atoms with Crippen LogP contribution in [0.1, 0.15) is 31.8 Å². The molecular weight excluding hydrogens is 272 g/mol. The second-order valence-corrected chi connectivity index (χ2v) is 5.96. The molecule has 0 spiro atoms. The summed E-state index contributed by atoms with van der Waals surface area (Å²) in [6, 6.07) is 3.41. The summed E-state index contributed by atoms with van der Waals surface area (Å²) < 4.78 is 5.39. The second kappa shape index (κ2) is 5.79. The Morgan fingerprint density at radius 3 is 2.67 bits per heavy atom. The predicted octanol–water partition coefficient (Wildman–Crippen LogP) is 2.23. The lowest BCUT2D eigenvalue weighted by atomic mass is 9.76. The zero-order valence-electron chi connectivity index (χ0n) is 12.7. The van der Waals surface area contributed by atoms with Crippen LogP contribution in [0.5, 0.6) is 0 Å². The SMILES string of the molecule is Cc1ccc(CNC(=O)N2CCC(C(=O)O)(C(C)C)C2)o1. The number of carboxylic acids is 1. The molecule has 2 amide bonds. The highest BCUT2D eigenvalue weighted by Gasteiger charge is 2.48. The van der Waals surface area contributed by atoms with Crippen LogP contribution in [0.25, 0.3) is 0 Å².